The van der Waals surface area contributed by atoms with E-state index in [1.54, 1.807) is 32.3 Å². The molecule has 8 heteroatoms. The molecule has 8 nitrogen and oxygen atoms in total. The summed E-state index contributed by atoms with van der Waals surface area (Å²) >= 11 is 0. The number of fused-ring (bicyclic) bond motifs is 1. The van der Waals surface area contributed by atoms with Crippen molar-refractivity contribution in [3.05, 3.63) is 30.3 Å². The van der Waals surface area contributed by atoms with E-state index in [2.05, 4.69) is 10.3 Å². The zero-order valence-corrected chi connectivity index (χ0v) is 14.2. The van der Waals surface area contributed by atoms with Crippen molar-refractivity contribution in [2.24, 2.45) is 0 Å². The molecule has 132 valence electrons. The van der Waals surface area contributed by atoms with E-state index in [0.717, 1.165) is 0 Å². The summed E-state index contributed by atoms with van der Waals surface area (Å²) in [6.07, 6.45) is 2.44. The van der Waals surface area contributed by atoms with Gasteiger partial charge in [0.05, 0.1) is 43.1 Å². The molecule has 1 aliphatic heterocycles. The molecule has 1 amide bonds. The van der Waals surface area contributed by atoms with E-state index in [1.165, 1.54) is 18.4 Å². The number of hydrogen-bond donors (Lipinski definition) is 1. The van der Waals surface area contributed by atoms with Crippen LogP contribution in [0.15, 0.2) is 29.1 Å². The van der Waals surface area contributed by atoms with Crippen LogP contribution in [0.3, 0.4) is 0 Å². The van der Waals surface area contributed by atoms with Crippen LogP contribution >= 0.6 is 0 Å². The van der Waals surface area contributed by atoms with Gasteiger partial charge < -0.3 is 24.1 Å². The summed E-state index contributed by atoms with van der Waals surface area (Å²) in [4.78, 5) is 29.9. The Morgan fingerprint density at radius 3 is 2.84 bits per heavy atom. The van der Waals surface area contributed by atoms with Gasteiger partial charge in [-0.3, -0.25) is 9.59 Å². The predicted molar refractivity (Wildman–Crippen MR) is 89.2 cm³/mol. The molecular weight excluding hydrogens is 326 g/mol. The average molecular weight is 345 g/mol. The van der Waals surface area contributed by atoms with Crippen molar-refractivity contribution in [1.82, 2.24) is 9.88 Å². The Morgan fingerprint density at radius 1 is 1.40 bits per heavy atom. The minimum Gasteiger partial charge on any atom is -0.496 e. The lowest BCUT2D eigenvalue weighted by molar-refractivity contribution is -0.144. The minimum absolute atomic E-state index is 0.0572. The minimum atomic E-state index is -0.486. The highest BCUT2D eigenvalue weighted by Crippen LogP contribution is 2.37. The molecule has 0 fully saturated rings. The summed E-state index contributed by atoms with van der Waals surface area (Å²) in [5.74, 6) is 0.471. The van der Waals surface area contributed by atoms with Crippen LogP contribution < -0.4 is 10.1 Å². The number of esters is 1. The average Bonchev–Trinajstić information content (AvgIpc) is 3.13. The lowest BCUT2D eigenvalue weighted by atomic mass is 10.0. The predicted octanol–water partition coefficient (Wildman–Crippen LogP) is 2.13. The highest BCUT2D eigenvalue weighted by molar-refractivity contribution is 6.03. The Balaban J connectivity index is 1.96. The molecule has 0 radical (unpaired) electrons. The molecule has 3 rings (SSSR count). The van der Waals surface area contributed by atoms with E-state index in [4.69, 9.17) is 13.9 Å². The standard InChI is InChI=1S/C17H19N3O5/c1-4-24-16(21)7-15-19-12-6-13(23-3)11(14-8-18-9-25-14)5-10(12)17(22)20(15)2/h5-6,8-9,15,19H,4,7H2,1-3H3. The lowest BCUT2D eigenvalue weighted by Crippen LogP contribution is -2.47. The first kappa shape index (κ1) is 16.8. The van der Waals surface area contributed by atoms with Crippen molar-refractivity contribution in [2.75, 3.05) is 26.1 Å². The summed E-state index contributed by atoms with van der Waals surface area (Å²) in [5.41, 5.74) is 1.69. The first-order valence-electron chi connectivity index (χ1n) is 7.85. The van der Waals surface area contributed by atoms with E-state index in [-0.39, 0.29) is 18.3 Å². The third-order valence-electron chi connectivity index (χ3n) is 4.04. The van der Waals surface area contributed by atoms with Gasteiger partial charge in [-0.1, -0.05) is 0 Å². The number of amides is 1. The number of carbonyl (C=O) groups is 2. The monoisotopic (exact) mass is 345 g/mol. The van der Waals surface area contributed by atoms with Gasteiger partial charge in [0, 0.05) is 13.1 Å². The van der Waals surface area contributed by atoms with Crippen LogP contribution in [0.4, 0.5) is 5.69 Å². The van der Waals surface area contributed by atoms with Crippen LogP contribution in [0, 0.1) is 0 Å². The van der Waals surface area contributed by atoms with Crippen LogP contribution in [0.2, 0.25) is 0 Å². The number of nitrogens with zero attached hydrogens (tertiary/aromatic N) is 2. The summed E-state index contributed by atoms with van der Waals surface area (Å²) in [6, 6.07) is 3.41. The Morgan fingerprint density at radius 2 is 2.20 bits per heavy atom. The molecule has 0 aliphatic carbocycles. The number of methoxy groups -OCH3 is 1. The van der Waals surface area contributed by atoms with Crippen LogP contribution in [-0.2, 0) is 9.53 Å². The van der Waals surface area contributed by atoms with E-state index < -0.39 is 6.17 Å². The number of benzene rings is 1. The van der Waals surface area contributed by atoms with Gasteiger partial charge >= 0.3 is 5.97 Å². The van der Waals surface area contributed by atoms with Crippen molar-refractivity contribution in [3.8, 4) is 17.1 Å². The lowest BCUT2D eigenvalue weighted by Gasteiger charge is -2.35. The van der Waals surface area contributed by atoms with E-state index in [0.29, 0.717) is 34.9 Å². The molecule has 1 N–H and O–H groups in total. The van der Waals surface area contributed by atoms with Crippen molar-refractivity contribution < 1.29 is 23.5 Å². The van der Waals surface area contributed by atoms with E-state index >= 15 is 0 Å². The molecule has 0 saturated heterocycles. The van der Waals surface area contributed by atoms with Crippen LogP contribution in [0.5, 0.6) is 5.75 Å². The summed E-state index contributed by atoms with van der Waals surface area (Å²) in [6.45, 7) is 2.04. The second-order valence-corrected chi connectivity index (χ2v) is 5.55. The number of oxazole rings is 1. The first-order valence-corrected chi connectivity index (χ1v) is 7.85. The number of ether oxygens (including phenoxy) is 2. The van der Waals surface area contributed by atoms with Crippen molar-refractivity contribution in [2.45, 2.75) is 19.5 Å². The molecule has 25 heavy (non-hydrogen) atoms. The van der Waals surface area contributed by atoms with Crippen molar-refractivity contribution in [1.29, 1.82) is 0 Å². The second kappa shape index (κ2) is 6.84. The maximum atomic E-state index is 12.7. The molecule has 0 saturated carbocycles. The summed E-state index contributed by atoms with van der Waals surface area (Å²) < 4.78 is 15.7. The smallest absolute Gasteiger partial charge is 0.309 e. The number of rotatable bonds is 5. The Kier molecular flexibility index (Phi) is 4.60. The SMILES string of the molecule is CCOC(=O)CC1Nc2cc(OC)c(-c3cnco3)cc2C(=O)N1C. The van der Waals surface area contributed by atoms with Gasteiger partial charge in [0.2, 0.25) is 0 Å². The topological polar surface area (TPSA) is 93.9 Å². The van der Waals surface area contributed by atoms with Gasteiger partial charge in [0.15, 0.2) is 12.2 Å². The number of anilines is 1. The van der Waals surface area contributed by atoms with Gasteiger partial charge in [0.25, 0.3) is 5.91 Å². The number of nitrogens with one attached hydrogen (secondary N) is 1. The number of carbonyl (C=O) groups excluding carboxylic acids is 2. The molecule has 0 bridgehead atoms. The molecule has 1 aromatic heterocycles. The number of aromatic nitrogens is 1. The Bertz CT molecular complexity index is 788. The highest BCUT2D eigenvalue weighted by atomic mass is 16.5. The third-order valence-corrected chi connectivity index (χ3v) is 4.04. The van der Waals surface area contributed by atoms with Crippen LogP contribution in [-0.4, -0.2) is 48.7 Å². The van der Waals surface area contributed by atoms with Gasteiger partial charge in [-0.15, -0.1) is 0 Å². The van der Waals surface area contributed by atoms with Crippen molar-refractivity contribution in [3.63, 3.8) is 0 Å². The summed E-state index contributed by atoms with van der Waals surface area (Å²) in [7, 11) is 3.18. The van der Waals surface area contributed by atoms with Gasteiger partial charge in [0.1, 0.15) is 11.9 Å². The molecule has 1 unspecified atom stereocenters. The largest absolute Gasteiger partial charge is 0.496 e. The van der Waals surface area contributed by atoms with Gasteiger partial charge in [-0.25, -0.2) is 4.98 Å². The second-order valence-electron chi connectivity index (χ2n) is 5.55. The van der Waals surface area contributed by atoms with Gasteiger partial charge in [-0.2, -0.15) is 0 Å². The van der Waals surface area contributed by atoms with E-state index in [1.807, 2.05) is 0 Å². The fourth-order valence-electron chi connectivity index (χ4n) is 2.76. The third kappa shape index (κ3) is 3.15. The molecule has 1 atom stereocenters. The van der Waals surface area contributed by atoms with Gasteiger partial charge in [-0.05, 0) is 13.0 Å². The quantitative estimate of drug-likeness (QED) is 0.830. The zero-order valence-electron chi connectivity index (χ0n) is 14.2. The Labute approximate surface area is 144 Å². The fraction of sp³-hybridized carbons (Fsp3) is 0.353. The van der Waals surface area contributed by atoms with Crippen LogP contribution in [0.1, 0.15) is 23.7 Å². The zero-order chi connectivity index (χ0) is 18.0. The maximum Gasteiger partial charge on any atom is 0.309 e. The normalized spacial score (nSPS) is 16.2. The van der Waals surface area contributed by atoms with Crippen LogP contribution in [0.25, 0.3) is 11.3 Å². The molecule has 1 aliphatic rings. The molecule has 1 aromatic carbocycles. The highest BCUT2D eigenvalue weighted by Gasteiger charge is 2.32. The molecule has 0 spiro atoms. The van der Waals surface area contributed by atoms with E-state index in [9.17, 15) is 9.59 Å². The van der Waals surface area contributed by atoms with Crippen molar-refractivity contribution >= 4 is 17.6 Å². The number of hydrogen-bond acceptors (Lipinski definition) is 7. The molecule has 2 aromatic rings. The fourth-order valence-corrected chi connectivity index (χ4v) is 2.76. The molecule has 2 heterocycles. The first-order chi connectivity index (χ1) is 12.0. The maximum absolute atomic E-state index is 12.7. The Hall–Kier alpha value is -3.03. The molecular formula is C17H19N3O5. The summed E-state index contributed by atoms with van der Waals surface area (Å²) in [5, 5.41) is 3.19.